The molecule has 2 aliphatic carbocycles. The fourth-order valence-electron chi connectivity index (χ4n) is 6.03. The van der Waals surface area contributed by atoms with Crippen LogP contribution in [0.25, 0.3) is 0 Å². The highest BCUT2D eigenvalue weighted by Gasteiger charge is 2.55. The van der Waals surface area contributed by atoms with Gasteiger partial charge in [-0.25, -0.2) is 0 Å². The van der Waals surface area contributed by atoms with Crippen molar-refractivity contribution in [3.63, 3.8) is 0 Å². The molecule has 0 aromatic carbocycles. The fraction of sp³-hybridized carbons (Fsp3) is 0.950. The summed E-state index contributed by atoms with van der Waals surface area (Å²) in [4.78, 5) is 15.2. The minimum absolute atomic E-state index is 0.168. The maximum atomic E-state index is 13.0. The first kappa shape index (κ1) is 15.9. The first-order valence-corrected chi connectivity index (χ1v) is 10.1. The molecule has 1 amide bonds. The summed E-state index contributed by atoms with van der Waals surface area (Å²) < 4.78 is 0. The molecule has 4 unspecified atom stereocenters. The zero-order chi connectivity index (χ0) is 16.3. The topological polar surface area (TPSA) is 42.2 Å². The van der Waals surface area contributed by atoms with E-state index in [4.69, 9.17) is 0 Å². The summed E-state index contributed by atoms with van der Waals surface area (Å²) in [5.74, 6) is 5.16. The highest BCUT2D eigenvalue weighted by Crippen LogP contribution is 2.49. The van der Waals surface area contributed by atoms with E-state index >= 15 is 0 Å². The van der Waals surface area contributed by atoms with Gasteiger partial charge in [0.05, 0.1) is 0 Å². The average Bonchev–Trinajstić information content (AvgIpc) is 3.39. The first-order valence-electron chi connectivity index (χ1n) is 10.1. The van der Waals surface area contributed by atoms with Crippen LogP contribution in [0.5, 0.6) is 0 Å². The number of amides is 1. The fourth-order valence-corrected chi connectivity index (χ4v) is 6.03. The summed E-state index contributed by atoms with van der Waals surface area (Å²) in [7, 11) is 0. The zero-order valence-corrected chi connectivity index (χ0v) is 15.3. The van der Waals surface area contributed by atoms with Crippen LogP contribution in [0.1, 0.15) is 59.8 Å². The summed E-state index contributed by atoms with van der Waals surface area (Å²) in [6, 6.07) is 1.23. The summed E-state index contributed by atoms with van der Waals surface area (Å²) in [5, 5.41) is 3.47. The second kappa shape index (κ2) is 5.75. The zero-order valence-electron chi connectivity index (χ0n) is 15.3. The average molecular weight is 319 g/mol. The van der Waals surface area contributed by atoms with Crippen molar-refractivity contribution in [3.8, 4) is 0 Å². The van der Waals surface area contributed by atoms with E-state index in [1.165, 1.54) is 32.1 Å². The van der Waals surface area contributed by atoms with Gasteiger partial charge in [0, 0.05) is 18.6 Å². The van der Waals surface area contributed by atoms with Crippen LogP contribution >= 0.6 is 0 Å². The highest BCUT2D eigenvalue weighted by atomic mass is 16.2. The largest absolute Gasteiger partial charge is 0.338 e. The molecule has 3 heteroatoms. The van der Waals surface area contributed by atoms with Gasteiger partial charge in [0.25, 0.3) is 0 Å². The van der Waals surface area contributed by atoms with Crippen molar-refractivity contribution >= 4 is 5.91 Å². The number of carbonyl (C=O) groups is 1. The molecule has 0 spiro atoms. The molecule has 2 saturated heterocycles. The maximum Gasteiger partial charge on any atom is 0.241 e. The first-order chi connectivity index (χ1) is 11.0. The van der Waals surface area contributed by atoms with Gasteiger partial charge < -0.3 is 4.90 Å². The van der Waals surface area contributed by atoms with Gasteiger partial charge in [-0.05, 0) is 67.6 Å². The molecule has 2 saturated carbocycles. The lowest BCUT2D eigenvalue weighted by atomic mass is 9.62. The molecule has 23 heavy (non-hydrogen) atoms. The van der Waals surface area contributed by atoms with E-state index in [-0.39, 0.29) is 6.04 Å². The van der Waals surface area contributed by atoms with Crippen LogP contribution in [0.2, 0.25) is 0 Å². The Balaban J connectivity index is 1.46. The van der Waals surface area contributed by atoms with E-state index in [0.717, 1.165) is 42.1 Å². The lowest BCUT2D eigenvalue weighted by molar-refractivity contribution is -0.133. The predicted octanol–water partition coefficient (Wildman–Crippen LogP) is 3.29. The second-order valence-corrected chi connectivity index (χ2v) is 9.37. The molecule has 4 fully saturated rings. The number of likely N-dealkylation sites (tertiary alicyclic amines) is 1. The molecule has 0 bridgehead atoms. The van der Waals surface area contributed by atoms with Crippen LogP contribution in [-0.4, -0.2) is 35.5 Å². The third-order valence-electron chi connectivity index (χ3n) is 7.31. The molecule has 0 radical (unpaired) electrons. The molecule has 0 aromatic heterocycles. The smallest absolute Gasteiger partial charge is 0.241 e. The lowest BCUT2D eigenvalue weighted by Gasteiger charge is -2.45. The summed E-state index contributed by atoms with van der Waals surface area (Å²) >= 11 is 0. The molecule has 3 nitrogen and oxygen atoms in total. The van der Waals surface area contributed by atoms with Crippen molar-refractivity contribution in [1.29, 1.82) is 0 Å². The number of fused-ring (bicyclic) bond motifs is 1. The number of nitrogens with one attached hydrogen (secondary N) is 1. The van der Waals surface area contributed by atoms with Crippen LogP contribution in [0.15, 0.2) is 0 Å². The number of hydrogen-bond donors (Lipinski definition) is 1. The van der Waals surface area contributed by atoms with Crippen molar-refractivity contribution in [1.82, 2.24) is 10.2 Å². The number of nitrogens with zero attached hydrogens (tertiary/aromatic N) is 1. The maximum absolute atomic E-state index is 13.0. The Hall–Kier alpha value is -0.570. The summed E-state index contributed by atoms with van der Waals surface area (Å²) in [6.45, 7) is 10.6. The van der Waals surface area contributed by atoms with E-state index in [9.17, 15) is 4.79 Å². The summed E-state index contributed by atoms with van der Waals surface area (Å²) in [5.41, 5.74) is 0. The minimum Gasteiger partial charge on any atom is -0.338 e. The van der Waals surface area contributed by atoms with Gasteiger partial charge in [-0.1, -0.05) is 27.7 Å². The summed E-state index contributed by atoms with van der Waals surface area (Å²) in [6.07, 6.45) is 6.46. The molecule has 130 valence electrons. The quantitative estimate of drug-likeness (QED) is 0.808. The second-order valence-electron chi connectivity index (χ2n) is 9.37. The standard InChI is InChI=1S/C20H34N2O/c1-11(2)14-7-8-16-15(17(14)12(3)4)9-10-22(16)20(23)19-18(21-19)13-5-6-13/h11-19,21H,5-10H2,1-4H3/t14?,15?,16?,17?,18-,19+/m0/s1. The highest BCUT2D eigenvalue weighted by molar-refractivity contribution is 5.86. The molecule has 2 aliphatic heterocycles. The number of hydrogen-bond acceptors (Lipinski definition) is 2. The van der Waals surface area contributed by atoms with Crippen LogP contribution in [-0.2, 0) is 4.79 Å². The van der Waals surface area contributed by atoms with E-state index in [2.05, 4.69) is 37.9 Å². The van der Waals surface area contributed by atoms with Crippen molar-refractivity contribution in [2.24, 2.45) is 35.5 Å². The minimum atomic E-state index is 0.168. The third kappa shape index (κ3) is 2.73. The Kier molecular flexibility index (Phi) is 3.98. The van der Waals surface area contributed by atoms with Crippen LogP contribution < -0.4 is 5.32 Å². The Bertz CT molecular complexity index is 470. The Morgan fingerprint density at radius 2 is 1.74 bits per heavy atom. The molecule has 0 aromatic rings. The van der Waals surface area contributed by atoms with Crippen molar-refractivity contribution in [3.05, 3.63) is 0 Å². The molecule has 2 heterocycles. The van der Waals surface area contributed by atoms with Crippen molar-refractivity contribution in [2.45, 2.75) is 77.9 Å². The van der Waals surface area contributed by atoms with E-state index in [1.54, 1.807) is 0 Å². The van der Waals surface area contributed by atoms with E-state index in [1.807, 2.05) is 0 Å². The lowest BCUT2D eigenvalue weighted by Crippen LogP contribution is -2.48. The van der Waals surface area contributed by atoms with Crippen LogP contribution in [0, 0.1) is 35.5 Å². The van der Waals surface area contributed by atoms with Crippen molar-refractivity contribution < 1.29 is 4.79 Å². The predicted molar refractivity (Wildman–Crippen MR) is 92.9 cm³/mol. The molecule has 1 N–H and O–H groups in total. The third-order valence-corrected chi connectivity index (χ3v) is 7.31. The van der Waals surface area contributed by atoms with Gasteiger partial charge >= 0.3 is 0 Å². The van der Waals surface area contributed by atoms with Gasteiger partial charge in [-0.3, -0.25) is 10.1 Å². The Morgan fingerprint density at radius 1 is 1.00 bits per heavy atom. The molecule has 6 atom stereocenters. The molecule has 4 rings (SSSR count). The molecule has 4 aliphatic rings. The van der Waals surface area contributed by atoms with Crippen molar-refractivity contribution in [2.75, 3.05) is 6.54 Å². The Labute approximate surface area is 141 Å². The van der Waals surface area contributed by atoms with Gasteiger partial charge in [-0.15, -0.1) is 0 Å². The normalized spacial score (nSPS) is 43.1. The van der Waals surface area contributed by atoms with Crippen LogP contribution in [0.3, 0.4) is 0 Å². The monoisotopic (exact) mass is 318 g/mol. The van der Waals surface area contributed by atoms with Crippen LogP contribution in [0.4, 0.5) is 0 Å². The van der Waals surface area contributed by atoms with Gasteiger partial charge in [0.15, 0.2) is 0 Å². The Morgan fingerprint density at radius 3 is 2.35 bits per heavy atom. The number of carbonyl (C=O) groups excluding carboxylic acids is 1. The molecular formula is C20H34N2O. The number of rotatable bonds is 4. The van der Waals surface area contributed by atoms with Gasteiger partial charge in [-0.2, -0.15) is 0 Å². The van der Waals surface area contributed by atoms with E-state index in [0.29, 0.717) is 18.0 Å². The SMILES string of the molecule is CC(C)C1CCC2C(CCN2C(=O)[C@@H]2N[C@H]2C2CC2)C1C(C)C. The van der Waals surface area contributed by atoms with E-state index < -0.39 is 0 Å². The molecular weight excluding hydrogens is 284 g/mol. The van der Waals surface area contributed by atoms with Gasteiger partial charge in [0.1, 0.15) is 6.04 Å². The van der Waals surface area contributed by atoms with Gasteiger partial charge in [0.2, 0.25) is 5.91 Å².